The lowest BCUT2D eigenvalue weighted by Crippen LogP contribution is -2.41. The van der Waals surface area contributed by atoms with Gasteiger partial charge in [0.1, 0.15) is 6.54 Å². The lowest BCUT2D eigenvalue weighted by molar-refractivity contribution is -0.142. The van der Waals surface area contributed by atoms with Gasteiger partial charge in [-0.3, -0.25) is 19.2 Å². The van der Waals surface area contributed by atoms with Gasteiger partial charge in [-0.1, -0.05) is 0 Å². The first-order valence-electron chi connectivity index (χ1n) is 9.64. The fraction of sp³-hybridized carbons (Fsp3) is 0.600. The van der Waals surface area contributed by atoms with Crippen LogP contribution in [0.15, 0.2) is 10.9 Å². The van der Waals surface area contributed by atoms with Gasteiger partial charge in [0.15, 0.2) is 0 Å². The second kappa shape index (κ2) is 9.03. The summed E-state index contributed by atoms with van der Waals surface area (Å²) in [5, 5.41) is 14.8. The van der Waals surface area contributed by atoms with E-state index in [9.17, 15) is 19.2 Å². The number of carboxylic acids is 1. The Labute approximate surface area is 164 Å². The van der Waals surface area contributed by atoms with Gasteiger partial charge in [0.25, 0.3) is 11.5 Å². The summed E-state index contributed by atoms with van der Waals surface area (Å²) in [6.45, 7) is 6.88. The number of hydrogen-bond acceptors (Lipinski definition) is 4. The third-order valence-electron chi connectivity index (χ3n) is 5.16. The molecule has 1 fully saturated rings. The summed E-state index contributed by atoms with van der Waals surface area (Å²) < 4.78 is 1.31. The molecule has 0 aliphatic heterocycles. The van der Waals surface area contributed by atoms with E-state index in [1.165, 1.54) is 10.6 Å². The molecule has 0 unspecified atom stereocenters. The van der Waals surface area contributed by atoms with E-state index in [0.717, 1.165) is 0 Å². The summed E-state index contributed by atoms with van der Waals surface area (Å²) in [6.07, 6.45) is 2.29. The molecule has 0 saturated heterocycles. The zero-order valence-corrected chi connectivity index (χ0v) is 16.9. The minimum Gasteiger partial charge on any atom is -0.481 e. The molecule has 0 spiro atoms. The van der Waals surface area contributed by atoms with E-state index in [0.29, 0.717) is 42.5 Å². The second-order valence-electron chi connectivity index (χ2n) is 7.79. The van der Waals surface area contributed by atoms with Crippen LogP contribution in [0.5, 0.6) is 0 Å². The van der Waals surface area contributed by atoms with E-state index in [4.69, 9.17) is 5.11 Å². The molecule has 0 radical (unpaired) electrons. The van der Waals surface area contributed by atoms with Crippen molar-refractivity contribution in [3.63, 3.8) is 0 Å². The SMILES string of the molecule is Cc1cc(=O)n(CC(=O)NC(C)C)c(C)c1C(=O)NC1CCC(C(=O)O)CC1. The van der Waals surface area contributed by atoms with Crippen molar-refractivity contribution >= 4 is 17.8 Å². The van der Waals surface area contributed by atoms with Crippen LogP contribution < -0.4 is 16.2 Å². The van der Waals surface area contributed by atoms with E-state index in [2.05, 4.69) is 10.6 Å². The monoisotopic (exact) mass is 391 g/mol. The summed E-state index contributed by atoms with van der Waals surface area (Å²) in [5.41, 5.74) is 1.06. The zero-order chi connectivity index (χ0) is 21.0. The molecule has 8 nitrogen and oxygen atoms in total. The van der Waals surface area contributed by atoms with Crippen LogP contribution >= 0.6 is 0 Å². The summed E-state index contributed by atoms with van der Waals surface area (Å²) >= 11 is 0. The Kier molecular flexibility index (Phi) is 6.99. The smallest absolute Gasteiger partial charge is 0.306 e. The van der Waals surface area contributed by atoms with Crippen molar-refractivity contribution < 1.29 is 19.5 Å². The number of nitrogens with zero attached hydrogens (tertiary/aromatic N) is 1. The zero-order valence-electron chi connectivity index (χ0n) is 16.9. The van der Waals surface area contributed by atoms with E-state index in [1.807, 2.05) is 13.8 Å². The molecule has 154 valence electrons. The van der Waals surface area contributed by atoms with Crippen LogP contribution in [0.3, 0.4) is 0 Å². The molecule has 2 rings (SSSR count). The lowest BCUT2D eigenvalue weighted by atomic mass is 9.86. The van der Waals surface area contributed by atoms with Crippen molar-refractivity contribution in [1.29, 1.82) is 0 Å². The Balaban J connectivity index is 2.17. The maximum absolute atomic E-state index is 12.9. The van der Waals surface area contributed by atoms with Crippen molar-refractivity contribution in [1.82, 2.24) is 15.2 Å². The predicted octanol–water partition coefficient (Wildman–Crippen LogP) is 1.36. The predicted molar refractivity (Wildman–Crippen MR) is 104 cm³/mol. The molecule has 1 saturated carbocycles. The van der Waals surface area contributed by atoms with Gasteiger partial charge >= 0.3 is 5.97 Å². The molecule has 2 amide bonds. The number of aryl methyl sites for hydroxylation is 1. The van der Waals surface area contributed by atoms with Crippen LogP contribution in [0.2, 0.25) is 0 Å². The van der Waals surface area contributed by atoms with Crippen molar-refractivity contribution in [2.24, 2.45) is 5.92 Å². The van der Waals surface area contributed by atoms with E-state index >= 15 is 0 Å². The number of pyridine rings is 1. The van der Waals surface area contributed by atoms with Gasteiger partial charge in [0.2, 0.25) is 5.91 Å². The van der Waals surface area contributed by atoms with Crippen molar-refractivity contribution in [2.75, 3.05) is 0 Å². The fourth-order valence-electron chi connectivity index (χ4n) is 3.71. The number of amides is 2. The summed E-state index contributed by atoms with van der Waals surface area (Å²) in [4.78, 5) is 48.3. The van der Waals surface area contributed by atoms with Crippen LogP contribution in [-0.2, 0) is 16.1 Å². The standard InChI is InChI=1S/C20H29N3O5/c1-11(2)21-16(24)10-23-13(4)18(12(3)9-17(23)25)19(26)22-15-7-5-14(6-8-15)20(27)28/h9,11,14-15H,5-8,10H2,1-4H3,(H,21,24)(H,22,26)(H,27,28). The number of carboxylic acid groups (broad SMARTS) is 1. The van der Waals surface area contributed by atoms with Crippen LogP contribution in [0.4, 0.5) is 0 Å². The van der Waals surface area contributed by atoms with E-state index in [-0.39, 0.29) is 41.9 Å². The van der Waals surface area contributed by atoms with Crippen LogP contribution in [0.1, 0.15) is 61.1 Å². The Morgan fingerprint density at radius 2 is 1.79 bits per heavy atom. The first-order valence-corrected chi connectivity index (χ1v) is 9.64. The van der Waals surface area contributed by atoms with Crippen molar-refractivity contribution in [3.05, 3.63) is 33.2 Å². The summed E-state index contributed by atoms with van der Waals surface area (Å²) in [5.74, 6) is -1.73. The quantitative estimate of drug-likeness (QED) is 0.677. The van der Waals surface area contributed by atoms with E-state index in [1.54, 1.807) is 13.8 Å². The van der Waals surface area contributed by atoms with Gasteiger partial charge in [0.05, 0.1) is 11.5 Å². The highest BCUT2D eigenvalue weighted by molar-refractivity contribution is 5.97. The number of hydrogen-bond donors (Lipinski definition) is 3. The molecular weight excluding hydrogens is 362 g/mol. The maximum atomic E-state index is 12.9. The molecule has 0 aromatic carbocycles. The number of aliphatic carboxylic acids is 1. The Hall–Kier alpha value is -2.64. The molecule has 28 heavy (non-hydrogen) atoms. The summed E-state index contributed by atoms with van der Waals surface area (Å²) in [7, 11) is 0. The van der Waals surface area contributed by atoms with Gasteiger partial charge < -0.3 is 20.3 Å². The average molecular weight is 391 g/mol. The molecule has 1 aliphatic carbocycles. The van der Waals surface area contributed by atoms with Gasteiger partial charge in [-0.05, 0) is 58.9 Å². The third-order valence-corrected chi connectivity index (χ3v) is 5.16. The molecule has 1 aromatic heterocycles. The largest absolute Gasteiger partial charge is 0.481 e. The van der Waals surface area contributed by atoms with Crippen LogP contribution in [-0.4, -0.2) is 39.5 Å². The Bertz CT molecular complexity index is 820. The topological polar surface area (TPSA) is 118 Å². The van der Waals surface area contributed by atoms with Crippen LogP contribution in [0, 0.1) is 19.8 Å². The molecule has 1 aromatic rings. The lowest BCUT2D eigenvalue weighted by Gasteiger charge is -2.27. The van der Waals surface area contributed by atoms with Crippen molar-refractivity contribution in [2.45, 2.75) is 72.0 Å². The van der Waals surface area contributed by atoms with Gasteiger partial charge in [0, 0.05) is 23.8 Å². The van der Waals surface area contributed by atoms with Crippen LogP contribution in [0.25, 0.3) is 0 Å². The minimum atomic E-state index is -0.789. The maximum Gasteiger partial charge on any atom is 0.306 e. The highest BCUT2D eigenvalue weighted by Gasteiger charge is 2.28. The highest BCUT2D eigenvalue weighted by Crippen LogP contribution is 2.25. The number of rotatable bonds is 6. The highest BCUT2D eigenvalue weighted by atomic mass is 16.4. The summed E-state index contributed by atoms with van der Waals surface area (Å²) in [6, 6.07) is 1.23. The molecule has 0 bridgehead atoms. The first-order chi connectivity index (χ1) is 13.1. The average Bonchev–Trinajstić information content (AvgIpc) is 2.58. The normalized spacial score (nSPS) is 19.3. The first kappa shape index (κ1) is 21.7. The molecule has 8 heteroatoms. The van der Waals surface area contributed by atoms with Gasteiger partial charge in [-0.25, -0.2) is 0 Å². The third kappa shape index (κ3) is 5.21. The fourth-order valence-corrected chi connectivity index (χ4v) is 3.71. The minimum absolute atomic E-state index is 0.0438. The second-order valence-corrected chi connectivity index (χ2v) is 7.79. The number of carbonyl (C=O) groups is 3. The number of nitrogens with one attached hydrogen (secondary N) is 2. The number of aromatic nitrogens is 1. The molecule has 3 N–H and O–H groups in total. The Morgan fingerprint density at radius 3 is 2.32 bits per heavy atom. The number of carbonyl (C=O) groups excluding carboxylic acids is 2. The Morgan fingerprint density at radius 1 is 1.18 bits per heavy atom. The van der Waals surface area contributed by atoms with Gasteiger partial charge in [-0.2, -0.15) is 0 Å². The van der Waals surface area contributed by atoms with Crippen molar-refractivity contribution in [3.8, 4) is 0 Å². The van der Waals surface area contributed by atoms with Gasteiger partial charge in [-0.15, -0.1) is 0 Å². The molecule has 1 aliphatic rings. The molecule has 0 atom stereocenters. The molecular formula is C20H29N3O5. The van der Waals surface area contributed by atoms with E-state index < -0.39 is 5.97 Å². The molecule has 1 heterocycles.